The van der Waals surface area contributed by atoms with E-state index in [9.17, 15) is 9.00 Å². The maximum Gasteiger partial charge on any atom is 0.232 e. The van der Waals surface area contributed by atoms with Crippen molar-refractivity contribution in [3.63, 3.8) is 0 Å². The fourth-order valence-corrected chi connectivity index (χ4v) is 4.72. The fraction of sp³-hybridized carbons (Fsp3) is 0.308. The zero-order chi connectivity index (χ0) is 14.5. The van der Waals surface area contributed by atoms with Crippen LogP contribution in [0.15, 0.2) is 29.6 Å². The summed E-state index contributed by atoms with van der Waals surface area (Å²) in [6.45, 7) is 2.31. The number of hydrogen-bond acceptors (Lipinski definition) is 4. The second-order valence-electron chi connectivity index (χ2n) is 4.17. The number of hydrogen-bond donors (Lipinski definition) is 1. The molecule has 1 N–H and O–H groups in total. The van der Waals surface area contributed by atoms with Gasteiger partial charge in [0.25, 0.3) is 0 Å². The smallest absolute Gasteiger partial charge is 0.232 e. The third-order valence-corrected chi connectivity index (χ3v) is 6.72. The van der Waals surface area contributed by atoms with Crippen LogP contribution in [0.1, 0.15) is 21.9 Å². The van der Waals surface area contributed by atoms with Gasteiger partial charge in [0.1, 0.15) is 5.75 Å². The molecule has 0 radical (unpaired) electrons. The zero-order valence-corrected chi connectivity index (χ0v) is 14.0. The van der Waals surface area contributed by atoms with E-state index in [4.69, 9.17) is 11.6 Å². The number of carbonyl (C=O) groups excluding carboxylic acids is 1. The molecule has 0 fully saturated rings. The molecule has 7 heteroatoms. The molecule has 0 bridgehead atoms. The lowest BCUT2D eigenvalue weighted by atomic mass is 10.4. The average Bonchev–Trinajstić information content (AvgIpc) is 3.06. The van der Waals surface area contributed by atoms with Crippen molar-refractivity contribution in [3.05, 3.63) is 43.7 Å². The molecular weight excluding hydrogens is 334 g/mol. The highest BCUT2D eigenvalue weighted by Gasteiger charge is 2.17. The van der Waals surface area contributed by atoms with E-state index in [0.29, 0.717) is 10.9 Å². The summed E-state index contributed by atoms with van der Waals surface area (Å²) in [6.07, 6.45) is 0. The van der Waals surface area contributed by atoms with Gasteiger partial charge in [0.05, 0.1) is 16.1 Å². The van der Waals surface area contributed by atoms with Crippen LogP contribution in [0.2, 0.25) is 4.34 Å². The van der Waals surface area contributed by atoms with E-state index in [0.717, 1.165) is 9.75 Å². The minimum absolute atomic E-state index is 0.0260. The first kappa shape index (κ1) is 15.7. The van der Waals surface area contributed by atoms with Crippen molar-refractivity contribution in [2.75, 3.05) is 5.75 Å². The van der Waals surface area contributed by atoms with Gasteiger partial charge in [0.2, 0.25) is 5.91 Å². The molecule has 108 valence electrons. The molecule has 0 aromatic carbocycles. The molecule has 0 saturated heterocycles. The lowest BCUT2D eigenvalue weighted by Crippen LogP contribution is -2.28. The second kappa shape index (κ2) is 7.36. The Morgan fingerprint density at radius 3 is 2.85 bits per heavy atom. The van der Waals surface area contributed by atoms with Crippen LogP contribution in [-0.4, -0.2) is 15.9 Å². The lowest BCUT2D eigenvalue weighted by molar-refractivity contribution is -0.118. The van der Waals surface area contributed by atoms with Crippen molar-refractivity contribution in [2.24, 2.45) is 0 Å². The number of thiophene rings is 2. The standard InChI is InChI=1S/C13H14ClNO2S3/c1-9(11-3-2-6-18-11)20(17)8-13(16)15-7-10-4-5-12(14)19-10/h2-6,9H,7-8H2,1H3,(H,15,16). The molecule has 0 aliphatic rings. The Kier molecular flexibility index (Phi) is 5.77. The van der Waals surface area contributed by atoms with Gasteiger partial charge in [-0.3, -0.25) is 9.00 Å². The Bertz CT molecular complexity index is 595. The maximum atomic E-state index is 12.1. The van der Waals surface area contributed by atoms with E-state index in [1.54, 1.807) is 17.4 Å². The molecular formula is C13H14ClNO2S3. The molecule has 1 amide bonds. The summed E-state index contributed by atoms with van der Waals surface area (Å²) in [5.74, 6) is -0.172. The molecule has 2 aromatic rings. The molecule has 20 heavy (non-hydrogen) atoms. The van der Waals surface area contributed by atoms with Crippen LogP contribution in [0, 0.1) is 0 Å². The Hall–Kier alpha value is -0.690. The normalized spacial score (nSPS) is 13.9. The highest BCUT2D eigenvalue weighted by Crippen LogP contribution is 2.24. The van der Waals surface area contributed by atoms with E-state index < -0.39 is 10.8 Å². The van der Waals surface area contributed by atoms with Crippen LogP contribution in [0.3, 0.4) is 0 Å². The Morgan fingerprint density at radius 2 is 2.25 bits per heavy atom. The summed E-state index contributed by atoms with van der Waals surface area (Å²) in [5, 5.41) is 4.60. The van der Waals surface area contributed by atoms with Gasteiger partial charge in [0.15, 0.2) is 0 Å². The van der Waals surface area contributed by atoms with Gasteiger partial charge in [-0.15, -0.1) is 22.7 Å². The summed E-state index contributed by atoms with van der Waals surface area (Å²) >= 11 is 8.81. The Balaban J connectivity index is 1.80. The number of carbonyl (C=O) groups is 1. The van der Waals surface area contributed by atoms with Crippen LogP contribution < -0.4 is 5.32 Å². The van der Waals surface area contributed by atoms with Crippen LogP contribution in [0.4, 0.5) is 0 Å². The Morgan fingerprint density at radius 1 is 1.45 bits per heavy atom. The van der Waals surface area contributed by atoms with E-state index in [2.05, 4.69) is 5.32 Å². The first-order chi connectivity index (χ1) is 9.56. The third-order valence-electron chi connectivity index (χ3n) is 2.70. The number of rotatable bonds is 6. The fourth-order valence-electron chi connectivity index (χ4n) is 1.59. The van der Waals surface area contributed by atoms with Gasteiger partial charge in [-0.25, -0.2) is 0 Å². The SMILES string of the molecule is CC(c1cccs1)S(=O)CC(=O)NCc1ccc(Cl)s1. The average molecular weight is 348 g/mol. The predicted molar refractivity (Wildman–Crippen MR) is 86.9 cm³/mol. The van der Waals surface area contributed by atoms with Gasteiger partial charge in [-0.1, -0.05) is 17.7 Å². The molecule has 2 heterocycles. The van der Waals surface area contributed by atoms with Crippen molar-refractivity contribution in [1.82, 2.24) is 5.32 Å². The maximum absolute atomic E-state index is 12.1. The predicted octanol–water partition coefficient (Wildman–Crippen LogP) is 3.59. The van der Waals surface area contributed by atoms with Gasteiger partial charge in [0, 0.05) is 20.6 Å². The van der Waals surface area contributed by atoms with Crippen LogP contribution in [-0.2, 0) is 22.1 Å². The molecule has 0 spiro atoms. The van der Waals surface area contributed by atoms with Crippen LogP contribution >= 0.6 is 34.3 Å². The highest BCUT2D eigenvalue weighted by atomic mass is 35.5. The van der Waals surface area contributed by atoms with E-state index in [1.165, 1.54) is 11.3 Å². The topological polar surface area (TPSA) is 46.2 Å². The molecule has 0 aliphatic heterocycles. The summed E-state index contributed by atoms with van der Waals surface area (Å²) < 4.78 is 12.8. The number of halogens is 1. The molecule has 2 rings (SSSR count). The molecule has 3 nitrogen and oxygen atoms in total. The van der Waals surface area contributed by atoms with Crippen molar-refractivity contribution < 1.29 is 9.00 Å². The van der Waals surface area contributed by atoms with Crippen molar-refractivity contribution in [1.29, 1.82) is 0 Å². The monoisotopic (exact) mass is 347 g/mol. The first-order valence-electron chi connectivity index (χ1n) is 5.97. The zero-order valence-electron chi connectivity index (χ0n) is 10.8. The minimum Gasteiger partial charge on any atom is -0.350 e. The van der Waals surface area contributed by atoms with Crippen molar-refractivity contribution in [2.45, 2.75) is 18.7 Å². The quantitative estimate of drug-likeness (QED) is 0.868. The number of amides is 1. The van der Waals surface area contributed by atoms with Gasteiger partial charge in [-0.2, -0.15) is 0 Å². The van der Waals surface area contributed by atoms with Gasteiger partial charge in [-0.05, 0) is 30.5 Å². The third kappa shape index (κ3) is 4.41. The molecule has 0 saturated carbocycles. The summed E-state index contributed by atoms with van der Waals surface area (Å²) in [5.41, 5.74) is 0. The van der Waals surface area contributed by atoms with E-state index >= 15 is 0 Å². The van der Waals surface area contributed by atoms with Gasteiger partial charge < -0.3 is 5.32 Å². The molecule has 2 unspecified atom stereocenters. The highest BCUT2D eigenvalue weighted by molar-refractivity contribution is 7.86. The first-order valence-corrected chi connectivity index (χ1v) is 9.43. The molecule has 2 atom stereocenters. The number of nitrogens with one attached hydrogen (secondary N) is 1. The van der Waals surface area contributed by atoms with Gasteiger partial charge >= 0.3 is 0 Å². The van der Waals surface area contributed by atoms with E-state index in [-0.39, 0.29) is 16.9 Å². The summed E-state index contributed by atoms with van der Waals surface area (Å²) in [6, 6.07) is 7.54. The minimum atomic E-state index is -1.20. The summed E-state index contributed by atoms with van der Waals surface area (Å²) in [4.78, 5) is 13.8. The summed E-state index contributed by atoms with van der Waals surface area (Å²) in [7, 11) is -1.20. The van der Waals surface area contributed by atoms with E-state index in [1.807, 2.05) is 30.5 Å². The second-order valence-corrected chi connectivity index (χ2v) is 8.70. The van der Waals surface area contributed by atoms with Crippen molar-refractivity contribution in [3.8, 4) is 0 Å². The largest absolute Gasteiger partial charge is 0.350 e. The molecule has 0 aliphatic carbocycles. The van der Waals surface area contributed by atoms with Crippen molar-refractivity contribution >= 4 is 51.0 Å². The molecule has 2 aromatic heterocycles. The van der Waals surface area contributed by atoms with Crippen LogP contribution in [0.25, 0.3) is 0 Å². The van der Waals surface area contributed by atoms with Crippen LogP contribution in [0.5, 0.6) is 0 Å². The Labute approximate surface area is 133 Å². The lowest BCUT2D eigenvalue weighted by Gasteiger charge is -2.09.